The number of carbonyl (C=O) groups excluding carboxylic acids is 1. The van der Waals surface area contributed by atoms with E-state index < -0.39 is 0 Å². The Kier molecular flexibility index (Phi) is 3.92. The Bertz CT molecular complexity index is 483. The van der Waals surface area contributed by atoms with Gasteiger partial charge in [-0.1, -0.05) is 18.2 Å². The fourth-order valence-corrected chi connectivity index (χ4v) is 3.12. The van der Waals surface area contributed by atoms with E-state index in [0.29, 0.717) is 13.1 Å². The molecular weight excluding hydrogens is 252 g/mol. The van der Waals surface area contributed by atoms with Crippen molar-refractivity contribution in [1.82, 2.24) is 4.90 Å². The van der Waals surface area contributed by atoms with E-state index in [0.717, 1.165) is 30.7 Å². The van der Waals surface area contributed by atoms with E-state index in [2.05, 4.69) is 5.32 Å². The molecule has 4 nitrogen and oxygen atoms in total. The average molecular weight is 274 g/mol. The summed E-state index contributed by atoms with van der Waals surface area (Å²) < 4.78 is 5.72. The zero-order valence-electron chi connectivity index (χ0n) is 12.0. The minimum Gasteiger partial charge on any atom is -0.384 e. The summed E-state index contributed by atoms with van der Waals surface area (Å²) in [6.07, 6.45) is 3.63. The van der Waals surface area contributed by atoms with Gasteiger partial charge in [0.25, 0.3) is 0 Å². The van der Waals surface area contributed by atoms with Crippen molar-refractivity contribution in [3.8, 4) is 0 Å². The Morgan fingerprint density at radius 1 is 1.40 bits per heavy atom. The molecule has 1 aromatic carbocycles. The van der Waals surface area contributed by atoms with Gasteiger partial charge >= 0.3 is 0 Å². The number of nitrogens with zero attached hydrogens (tertiary/aromatic N) is 1. The minimum atomic E-state index is -0.0557. The van der Waals surface area contributed by atoms with Crippen molar-refractivity contribution in [3.05, 3.63) is 29.8 Å². The quantitative estimate of drug-likeness (QED) is 0.919. The number of benzene rings is 1. The van der Waals surface area contributed by atoms with Gasteiger partial charge in [0.1, 0.15) is 0 Å². The van der Waals surface area contributed by atoms with Crippen LogP contribution in [0, 0.1) is 0 Å². The molecule has 0 aromatic heterocycles. The number of fused-ring (bicyclic) bond motifs is 1. The SMILES string of the molecule is CN(CC1CCCCO1)C(=O)C1CNc2ccccc21. The highest BCUT2D eigenvalue weighted by Crippen LogP contribution is 2.32. The summed E-state index contributed by atoms with van der Waals surface area (Å²) in [6, 6.07) is 8.07. The topological polar surface area (TPSA) is 41.6 Å². The summed E-state index contributed by atoms with van der Waals surface area (Å²) in [6.45, 7) is 2.24. The second-order valence-corrected chi connectivity index (χ2v) is 5.73. The van der Waals surface area contributed by atoms with Crippen LogP contribution < -0.4 is 5.32 Å². The average Bonchev–Trinajstić information content (AvgIpc) is 2.91. The number of rotatable bonds is 3. The van der Waals surface area contributed by atoms with Crippen LogP contribution in [0.25, 0.3) is 0 Å². The zero-order valence-corrected chi connectivity index (χ0v) is 12.0. The van der Waals surface area contributed by atoms with E-state index in [-0.39, 0.29) is 17.9 Å². The number of ether oxygens (including phenoxy) is 1. The highest BCUT2D eigenvalue weighted by atomic mass is 16.5. The molecule has 2 atom stereocenters. The van der Waals surface area contributed by atoms with Crippen LogP contribution >= 0.6 is 0 Å². The predicted octanol–water partition coefficient (Wildman–Crippen LogP) is 2.22. The normalized spacial score (nSPS) is 24.9. The molecule has 0 saturated carbocycles. The van der Waals surface area contributed by atoms with Gasteiger partial charge in [-0.25, -0.2) is 0 Å². The molecule has 1 fully saturated rings. The molecule has 0 spiro atoms. The number of anilines is 1. The molecule has 2 aliphatic rings. The molecule has 2 unspecified atom stereocenters. The summed E-state index contributed by atoms with van der Waals surface area (Å²) in [5.41, 5.74) is 2.21. The molecule has 1 N–H and O–H groups in total. The van der Waals surface area contributed by atoms with Gasteiger partial charge in [0.15, 0.2) is 0 Å². The van der Waals surface area contributed by atoms with Crippen molar-refractivity contribution in [1.29, 1.82) is 0 Å². The molecule has 1 aromatic rings. The van der Waals surface area contributed by atoms with Crippen LogP contribution in [0.15, 0.2) is 24.3 Å². The predicted molar refractivity (Wildman–Crippen MR) is 78.9 cm³/mol. The first kappa shape index (κ1) is 13.4. The van der Waals surface area contributed by atoms with Crippen LogP contribution in [0.1, 0.15) is 30.7 Å². The molecule has 2 heterocycles. The maximum atomic E-state index is 12.6. The number of para-hydroxylation sites is 1. The third kappa shape index (κ3) is 2.66. The van der Waals surface area contributed by atoms with Gasteiger partial charge < -0.3 is 15.0 Å². The summed E-state index contributed by atoms with van der Waals surface area (Å²) in [4.78, 5) is 14.4. The van der Waals surface area contributed by atoms with Crippen molar-refractivity contribution in [2.24, 2.45) is 0 Å². The van der Waals surface area contributed by atoms with Gasteiger partial charge in [-0.15, -0.1) is 0 Å². The first-order valence-electron chi connectivity index (χ1n) is 7.45. The number of amides is 1. The van der Waals surface area contributed by atoms with Gasteiger partial charge in [-0.3, -0.25) is 4.79 Å². The lowest BCUT2D eigenvalue weighted by atomic mass is 9.99. The number of hydrogen-bond acceptors (Lipinski definition) is 3. The van der Waals surface area contributed by atoms with Crippen LogP contribution in [0.5, 0.6) is 0 Å². The van der Waals surface area contributed by atoms with E-state index in [1.807, 2.05) is 36.2 Å². The van der Waals surface area contributed by atoms with Gasteiger partial charge in [0, 0.05) is 32.4 Å². The van der Waals surface area contributed by atoms with Crippen LogP contribution in [0.2, 0.25) is 0 Å². The fourth-order valence-electron chi connectivity index (χ4n) is 3.12. The van der Waals surface area contributed by atoms with Crippen LogP contribution in [0.4, 0.5) is 5.69 Å². The highest BCUT2D eigenvalue weighted by molar-refractivity contribution is 5.88. The summed E-state index contributed by atoms with van der Waals surface area (Å²) >= 11 is 0. The minimum absolute atomic E-state index is 0.0557. The Labute approximate surface area is 120 Å². The first-order valence-corrected chi connectivity index (χ1v) is 7.45. The lowest BCUT2D eigenvalue weighted by molar-refractivity contribution is -0.133. The lowest BCUT2D eigenvalue weighted by Gasteiger charge is -2.28. The molecule has 0 radical (unpaired) electrons. The largest absolute Gasteiger partial charge is 0.384 e. The van der Waals surface area contributed by atoms with E-state index in [4.69, 9.17) is 4.74 Å². The Balaban J connectivity index is 1.64. The maximum Gasteiger partial charge on any atom is 0.231 e. The van der Waals surface area contributed by atoms with Crippen molar-refractivity contribution >= 4 is 11.6 Å². The summed E-state index contributed by atoms with van der Waals surface area (Å²) in [7, 11) is 1.89. The Morgan fingerprint density at radius 2 is 2.25 bits per heavy atom. The van der Waals surface area contributed by atoms with Crippen molar-refractivity contribution in [2.75, 3.05) is 32.1 Å². The zero-order chi connectivity index (χ0) is 13.9. The molecule has 1 amide bonds. The molecule has 20 heavy (non-hydrogen) atoms. The monoisotopic (exact) mass is 274 g/mol. The molecule has 2 aliphatic heterocycles. The maximum absolute atomic E-state index is 12.6. The van der Waals surface area contributed by atoms with E-state index in [9.17, 15) is 4.79 Å². The first-order chi connectivity index (χ1) is 9.75. The standard InChI is InChI=1S/C16H22N2O2/c1-18(11-12-6-4-5-9-20-12)16(19)14-10-17-15-8-3-2-7-13(14)15/h2-3,7-8,12,14,17H,4-6,9-11H2,1H3. The van der Waals surface area contributed by atoms with Crippen LogP contribution in [0.3, 0.4) is 0 Å². The smallest absolute Gasteiger partial charge is 0.231 e. The second-order valence-electron chi connectivity index (χ2n) is 5.73. The third-order valence-electron chi connectivity index (χ3n) is 4.26. The van der Waals surface area contributed by atoms with E-state index in [1.165, 1.54) is 6.42 Å². The molecule has 0 aliphatic carbocycles. The highest BCUT2D eigenvalue weighted by Gasteiger charge is 2.31. The fraction of sp³-hybridized carbons (Fsp3) is 0.562. The van der Waals surface area contributed by atoms with Crippen molar-refractivity contribution < 1.29 is 9.53 Å². The number of likely N-dealkylation sites (N-methyl/N-ethyl adjacent to an activating group) is 1. The third-order valence-corrected chi connectivity index (χ3v) is 4.26. The summed E-state index contributed by atoms with van der Waals surface area (Å²) in [5, 5.41) is 3.31. The Morgan fingerprint density at radius 3 is 3.05 bits per heavy atom. The molecule has 1 saturated heterocycles. The summed E-state index contributed by atoms with van der Waals surface area (Å²) in [5.74, 6) is 0.136. The van der Waals surface area contributed by atoms with Crippen molar-refractivity contribution in [3.63, 3.8) is 0 Å². The van der Waals surface area contributed by atoms with Crippen molar-refractivity contribution in [2.45, 2.75) is 31.3 Å². The van der Waals surface area contributed by atoms with E-state index in [1.54, 1.807) is 0 Å². The number of hydrogen-bond donors (Lipinski definition) is 1. The van der Waals surface area contributed by atoms with Gasteiger partial charge in [-0.2, -0.15) is 0 Å². The molecular formula is C16H22N2O2. The lowest BCUT2D eigenvalue weighted by Crippen LogP contribution is -2.39. The molecule has 0 bridgehead atoms. The molecule has 4 heteroatoms. The molecule has 3 rings (SSSR count). The number of carbonyl (C=O) groups is 1. The Hall–Kier alpha value is -1.55. The van der Waals surface area contributed by atoms with E-state index >= 15 is 0 Å². The van der Waals surface area contributed by atoms with Gasteiger partial charge in [-0.05, 0) is 30.9 Å². The molecule has 108 valence electrons. The van der Waals surface area contributed by atoms with Crippen LogP contribution in [-0.4, -0.2) is 43.7 Å². The van der Waals surface area contributed by atoms with Crippen LogP contribution in [-0.2, 0) is 9.53 Å². The second kappa shape index (κ2) is 5.83. The number of nitrogens with one attached hydrogen (secondary N) is 1. The van der Waals surface area contributed by atoms with Gasteiger partial charge in [0.2, 0.25) is 5.91 Å². The van der Waals surface area contributed by atoms with Gasteiger partial charge in [0.05, 0.1) is 12.0 Å².